The van der Waals surface area contributed by atoms with Crippen LogP contribution >= 0.6 is 0 Å². The molecule has 2 aliphatic rings. The third kappa shape index (κ3) is 3.72. The number of aryl methyl sites for hydroxylation is 1. The number of anilines is 1. The zero-order valence-corrected chi connectivity index (χ0v) is 17.9. The first-order chi connectivity index (χ1) is 14.5. The van der Waals surface area contributed by atoms with Crippen molar-refractivity contribution in [3.05, 3.63) is 65.4 Å². The molecule has 0 unspecified atom stereocenters. The molecule has 30 heavy (non-hydrogen) atoms. The SMILES string of the molecule is CCOc1cccc(N2C(=O)C(c3ccc(C)cc3)=C(N3CCC(C)CC3)C2=O)c1. The summed E-state index contributed by atoms with van der Waals surface area (Å²) in [6.45, 7) is 8.26. The Morgan fingerprint density at radius 1 is 1.00 bits per heavy atom. The normalized spacial score (nSPS) is 17.8. The van der Waals surface area contributed by atoms with Crippen LogP contribution in [0.25, 0.3) is 5.57 Å². The molecule has 0 aromatic heterocycles. The Morgan fingerprint density at radius 2 is 1.70 bits per heavy atom. The summed E-state index contributed by atoms with van der Waals surface area (Å²) in [6.07, 6.45) is 2.04. The molecule has 4 rings (SSSR count). The number of nitrogens with zero attached hydrogens (tertiary/aromatic N) is 2. The van der Waals surface area contributed by atoms with Gasteiger partial charge in [-0.3, -0.25) is 9.59 Å². The number of carbonyl (C=O) groups excluding carboxylic acids is 2. The summed E-state index contributed by atoms with van der Waals surface area (Å²) in [5.74, 6) is 0.758. The van der Waals surface area contributed by atoms with E-state index in [0.29, 0.717) is 35.2 Å². The van der Waals surface area contributed by atoms with E-state index in [4.69, 9.17) is 4.74 Å². The zero-order chi connectivity index (χ0) is 21.3. The average Bonchev–Trinajstić information content (AvgIpc) is 3.00. The van der Waals surface area contributed by atoms with Crippen molar-refractivity contribution in [1.82, 2.24) is 4.90 Å². The van der Waals surface area contributed by atoms with Crippen LogP contribution in [0.1, 0.15) is 37.8 Å². The molecular weight excluding hydrogens is 376 g/mol. The zero-order valence-electron chi connectivity index (χ0n) is 17.9. The molecule has 2 amide bonds. The third-order valence-corrected chi connectivity index (χ3v) is 5.89. The first-order valence-corrected chi connectivity index (χ1v) is 10.7. The predicted octanol–water partition coefficient (Wildman–Crippen LogP) is 4.41. The van der Waals surface area contributed by atoms with Crippen molar-refractivity contribution in [2.24, 2.45) is 5.92 Å². The van der Waals surface area contributed by atoms with Gasteiger partial charge < -0.3 is 9.64 Å². The summed E-state index contributed by atoms with van der Waals surface area (Å²) in [7, 11) is 0. The van der Waals surface area contributed by atoms with E-state index < -0.39 is 0 Å². The number of hydrogen-bond acceptors (Lipinski definition) is 4. The summed E-state index contributed by atoms with van der Waals surface area (Å²) in [6, 6.07) is 15.0. The number of piperidine rings is 1. The van der Waals surface area contributed by atoms with Gasteiger partial charge in [0.2, 0.25) is 0 Å². The van der Waals surface area contributed by atoms with Gasteiger partial charge in [0.25, 0.3) is 11.8 Å². The molecule has 2 aromatic carbocycles. The minimum atomic E-state index is -0.272. The van der Waals surface area contributed by atoms with E-state index in [0.717, 1.165) is 37.1 Å². The molecule has 0 atom stereocenters. The Bertz CT molecular complexity index is 986. The van der Waals surface area contributed by atoms with Crippen molar-refractivity contribution >= 4 is 23.1 Å². The molecule has 0 N–H and O–H groups in total. The number of amides is 2. The van der Waals surface area contributed by atoms with Gasteiger partial charge in [0.15, 0.2) is 0 Å². The first kappa shape index (κ1) is 20.2. The second-order valence-electron chi connectivity index (χ2n) is 8.14. The van der Waals surface area contributed by atoms with E-state index in [9.17, 15) is 9.59 Å². The number of benzene rings is 2. The van der Waals surface area contributed by atoms with Crippen LogP contribution in [0.3, 0.4) is 0 Å². The van der Waals surface area contributed by atoms with Crippen LogP contribution in [0.2, 0.25) is 0 Å². The van der Waals surface area contributed by atoms with Gasteiger partial charge in [-0.05, 0) is 50.3 Å². The fourth-order valence-corrected chi connectivity index (χ4v) is 4.14. The van der Waals surface area contributed by atoms with Crippen LogP contribution in [0.4, 0.5) is 5.69 Å². The van der Waals surface area contributed by atoms with Crippen LogP contribution in [0.15, 0.2) is 54.2 Å². The van der Waals surface area contributed by atoms with Crippen LogP contribution in [-0.2, 0) is 9.59 Å². The fraction of sp³-hybridized carbons (Fsp3) is 0.360. The molecule has 0 aliphatic carbocycles. The minimum Gasteiger partial charge on any atom is -0.494 e. The van der Waals surface area contributed by atoms with Crippen LogP contribution in [-0.4, -0.2) is 36.4 Å². The Hall–Kier alpha value is -3.08. The van der Waals surface area contributed by atoms with Crippen LogP contribution < -0.4 is 9.64 Å². The lowest BCUT2D eigenvalue weighted by Crippen LogP contribution is -2.38. The highest BCUT2D eigenvalue weighted by Gasteiger charge is 2.43. The summed E-state index contributed by atoms with van der Waals surface area (Å²) in [5, 5.41) is 0. The van der Waals surface area contributed by atoms with Crippen LogP contribution in [0, 0.1) is 12.8 Å². The lowest BCUT2D eigenvalue weighted by Gasteiger charge is -2.32. The molecule has 0 spiro atoms. The Kier molecular flexibility index (Phi) is 5.62. The van der Waals surface area contributed by atoms with Gasteiger partial charge in [-0.2, -0.15) is 0 Å². The largest absolute Gasteiger partial charge is 0.494 e. The third-order valence-electron chi connectivity index (χ3n) is 5.89. The van der Waals surface area contributed by atoms with E-state index in [-0.39, 0.29) is 11.8 Å². The molecule has 0 radical (unpaired) electrons. The number of ether oxygens (including phenoxy) is 1. The lowest BCUT2D eigenvalue weighted by atomic mass is 9.97. The number of rotatable bonds is 5. The van der Waals surface area contributed by atoms with E-state index in [2.05, 4.69) is 11.8 Å². The monoisotopic (exact) mass is 404 g/mol. The van der Waals surface area contributed by atoms with E-state index in [1.165, 1.54) is 4.90 Å². The van der Waals surface area contributed by atoms with Crippen molar-refractivity contribution in [2.75, 3.05) is 24.6 Å². The minimum absolute atomic E-state index is 0.251. The van der Waals surface area contributed by atoms with E-state index >= 15 is 0 Å². The molecular formula is C25H28N2O3. The van der Waals surface area contributed by atoms with Gasteiger partial charge in [0.05, 0.1) is 17.9 Å². The maximum Gasteiger partial charge on any atom is 0.282 e. The average molecular weight is 405 g/mol. The van der Waals surface area contributed by atoms with Crippen molar-refractivity contribution in [2.45, 2.75) is 33.6 Å². The van der Waals surface area contributed by atoms with Crippen molar-refractivity contribution in [3.63, 3.8) is 0 Å². The van der Waals surface area contributed by atoms with Crippen molar-refractivity contribution in [1.29, 1.82) is 0 Å². The summed E-state index contributed by atoms with van der Waals surface area (Å²) in [5.41, 5.74) is 3.47. The molecule has 1 fully saturated rings. The van der Waals surface area contributed by atoms with Gasteiger partial charge >= 0.3 is 0 Å². The Morgan fingerprint density at radius 3 is 2.37 bits per heavy atom. The molecule has 156 valence electrons. The maximum absolute atomic E-state index is 13.6. The molecule has 2 aromatic rings. The number of hydrogen-bond donors (Lipinski definition) is 0. The highest BCUT2D eigenvalue weighted by Crippen LogP contribution is 2.37. The van der Waals surface area contributed by atoms with Gasteiger partial charge in [-0.1, -0.05) is 42.8 Å². The topological polar surface area (TPSA) is 49.9 Å². The predicted molar refractivity (Wildman–Crippen MR) is 118 cm³/mol. The summed E-state index contributed by atoms with van der Waals surface area (Å²) in [4.78, 5) is 30.5. The molecule has 0 bridgehead atoms. The second-order valence-corrected chi connectivity index (χ2v) is 8.14. The summed E-state index contributed by atoms with van der Waals surface area (Å²) < 4.78 is 5.58. The van der Waals surface area contributed by atoms with Gasteiger partial charge in [0, 0.05) is 19.2 Å². The summed E-state index contributed by atoms with van der Waals surface area (Å²) >= 11 is 0. The standard InChI is InChI=1S/C25H28N2O3/c1-4-30-21-7-5-6-20(16-21)27-24(28)22(19-10-8-17(2)9-11-19)23(25(27)29)26-14-12-18(3)13-15-26/h5-11,16,18H,4,12-15H2,1-3H3. The fourth-order valence-electron chi connectivity index (χ4n) is 4.14. The second kappa shape index (κ2) is 8.34. The number of carbonyl (C=O) groups is 2. The number of likely N-dealkylation sites (tertiary alicyclic amines) is 1. The number of imide groups is 1. The highest BCUT2D eigenvalue weighted by molar-refractivity contribution is 6.45. The molecule has 1 saturated heterocycles. The highest BCUT2D eigenvalue weighted by atomic mass is 16.5. The quantitative estimate of drug-likeness (QED) is 0.693. The van der Waals surface area contributed by atoms with Crippen molar-refractivity contribution in [3.8, 4) is 5.75 Å². The Balaban J connectivity index is 1.77. The molecule has 2 heterocycles. The lowest BCUT2D eigenvalue weighted by molar-refractivity contribution is -0.120. The maximum atomic E-state index is 13.6. The van der Waals surface area contributed by atoms with Gasteiger partial charge in [0.1, 0.15) is 11.4 Å². The Labute approximate surface area is 177 Å². The molecule has 0 saturated carbocycles. The van der Waals surface area contributed by atoms with E-state index in [1.807, 2.05) is 50.2 Å². The molecule has 5 heteroatoms. The van der Waals surface area contributed by atoms with Crippen molar-refractivity contribution < 1.29 is 14.3 Å². The smallest absolute Gasteiger partial charge is 0.282 e. The van der Waals surface area contributed by atoms with E-state index in [1.54, 1.807) is 12.1 Å². The van der Waals surface area contributed by atoms with Gasteiger partial charge in [-0.15, -0.1) is 0 Å². The molecule has 5 nitrogen and oxygen atoms in total. The van der Waals surface area contributed by atoms with Crippen LogP contribution in [0.5, 0.6) is 5.75 Å². The molecule has 2 aliphatic heterocycles. The van der Waals surface area contributed by atoms with Gasteiger partial charge in [-0.25, -0.2) is 4.90 Å². The first-order valence-electron chi connectivity index (χ1n) is 10.7.